The Labute approximate surface area is 132 Å². The molecule has 1 saturated carbocycles. The van der Waals surface area contributed by atoms with Crippen molar-refractivity contribution < 1.29 is 4.39 Å². The SMILES string of the molecule is Fc1ccc([C@H]2CN(CC3CC3)[C@@H]3C4CCN(CC4)[C@H]23)cc1. The number of hydrogen-bond donors (Lipinski definition) is 0. The Morgan fingerprint density at radius 3 is 2.36 bits per heavy atom. The summed E-state index contributed by atoms with van der Waals surface area (Å²) in [5, 5.41) is 0. The van der Waals surface area contributed by atoms with E-state index >= 15 is 0 Å². The highest BCUT2D eigenvalue weighted by molar-refractivity contribution is 5.27. The van der Waals surface area contributed by atoms with Crippen molar-refractivity contribution in [2.45, 2.75) is 43.7 Å². The Hall–Kier alpha value is -0.930. The fourth-order valence-corrected chi connectivity index (χ4v) is 5.38. The first kappa shape index (κ1) is 13.5. The second kappa shape index (κ2) is 5.04. The standard InChI is InChI=1S/C19H25FN2/c20-16-5-3-14(4-6-16)17-12-22(11-13-1-2-13)18-15-7-9-21(10-8-15)19(17)18/h3-6,13,15,17-19H,1-2,7-12H2/t17-,18-,19-/m1/s1. The van der Waals surface area contributed by atoms with Gasteiger partial charge in [0.15, 0.2) is 0 Å². The summed E-state index contributed by atoms with van der Waals surface area (Å²) in [6, 6.07) is 8.78. The molecule has 3 heteroatoms. The fourth-order valence-electron chi connectivity index (χ4n) is 5.38. The molecule has 6 rings (SSSR count). The summed E-state index contributed by atoms with van der Waals surface area (Å²) in [5.41, 5.74) is 1.35. The van der Waals surface area contributed by atoms with Gasteiger partial charge in [0, 0.05) is 31.1 Å². The van der Waals surface area contributed by atoms with Gasteiger partial charge in [0.05, 0.1) is 0 Å². The highest BCUT2D eigenvalue weighted by Gasteiger charge is 2.53. The predicted molar refractivity (Wildman–Crippen MR) is 85.3 cm³/mol. The van der Waals surface area contributed by atoms with Crippen LogP contribution in [0, 0.1) is 17.7 Å². The molecule has 4 heterocycles. The van der Waals surface area contributed by atoms with Gasteiger partial charge < -0.3 is 0 Å². The lowest BCUT2D eigenvalue weighted by molar-refractivity contribution is -0.00757. The zero-order valence-corrected chi connectivity index (χ0v) is 13.1. The minimum absolute atomic E-state index is 0.112. The summed E-state index contributed by atoms with van der Waals surface area (Å²) in [7, 11) is 0. The van der Waals surface area contributed by atoms with Crippen LogP contribution in [0.15, 0.2) is 24.3 Å². The van der Waals surface area contributed by atoms with Crippen molar-refractivity contribution in [2.24, 2.45) is 11.8 Å². The maximum atomic E-state index is 13.3. The van der Waals surface area contributed by atoms with E-state index in [1.165, 1.54) is 57.4 Å². The molecule has 22 heavy (non-hydrogen) atoms. The van der Waals surface area contributed by atoms with E-state index in [4.69, 9.17) is 0 Å². The van der Waals surface area contributed by atoms with E-state index in [9.17, 15) is 4.39 Å². The highest BCUT2D eigenvalue weighted by Crippen LogP contribution is 2.47. The number of fused-ring (bicyclic) bond motifs is 2. The van der Waals surface area contributed by atoms with Gasteiger partial charge in [-0.1, -0.05) is 12.1 Å². The monoisotopic (exact) mass is 300 g/mol. The molecule has 0 aromatic heterocycles. The first-order valence-electron chi connectivity index (χ1n) is 9.03. The van der Waals surface area contributed by atoms with Crippen LogP contribution >= 0.6 is 0 Å². The molecule has 0 unspecified atom stereocenters. The van der Waals surface area contributed by atoms with Crippen LogP contribution in [0.5, 0.6) is 0 Å². The molecule has 4 saturated heterocycles. The van der Waals surface area contributed by atoms with Crippen molar-refractivity contribution in [2.75, 3.05) is 26.2 Å². The Balaban J connectivity index is 1.47. The first-order chi connectivity index (χ1) is 10.8. The third-order valence-corrected chi connectivity index (χ3v) is 6.58. The number of nitrogens with zero attached hydrogens (tertiary/aromatic N) is 2. The molecule has 2 bridgehead atoms. The number of likely N-dealkylation sites (tertiary alicyclic amines) is 1. The summed E-state index contributed by atoms with van der Waals surface area (Å²) < 4.78 is 13.3. The number of rotatable bonds is 3. The molecular weight excluding hydrogens is 275 g/mol. The molecule has 1 aliphatic carbocycles. The smallest absolute Gasteiger partial charge is 0.123 e. The molecule has 4 aliphatic heterocycles. The maximum Gasteiger partial charge on any atom is 0.123 e. The van der Waals surface area contributed by atoms with Crippen LogP contribution in [0.2, 0.25) is 0 Å². The first-order valence-corrected chi connectivity index (χ1v) is 9.03. The Kier molecular flexibility index (Phi) is 3.09. The zero-order chi connectivity index (χ0) is 14.7. The number of benzene rings is 1. The topological polar surface area (TPSA) is 6.48 Å². The average molecular weight is 300 g/mol. The molecule has 2 nitrogen and oxygen atoms in total. The van der Waals surface area contributed by atoms with E-state index in [0.29, 0.717) is 12.0 Å². The van der Waals surface area contributed by atoms with Crippen LogP contribution in [0.1, 0.15) is 37.2 Å². The van der Waals surface area contributed by atoms with Crippen molar-refractivity contribution in [3.05, 3.63) is 35.6 Å². The second-order valence-corrected chi connectivity index (χ2v) is 7.91. The van der Waals surface area contributed by atoms with Crippen LogP contribution in [0.25, 0.3) is 0 Å². The van der Waals surface area contributed by atoms with E-state index in [0.717, 1.165) is 17.9 Å². The molecule has 5 fully saturated rings. The molecule has 118 valence electrons. The minimum atomic E-state index is -0.112. The van der Waals surface area contributed by atoms with Gasteiger partial charge in [-0.05, 0) is 68.3 Å². The van der Waals surface area contributed by atoms with E-state index in [1.54, 1.807) is 12.1 Å². The highest BCUT2D eigenvalue weighted by atomic mass is 19.1. The molecule has 3 atom stereocenters. The summed E-state index contributed by atoms with van der Waals surface area (Å²) in [6.45, 7) is 5.05. The summed E-state index contributed by atoms with van der Waals surface area (Å²) in [4.78, 5) is 5.55. The molecule has 1 aromatic rings. The summed E-state index contributed by atoms with van der Waals surface area (Å²) in [5.74, 6) is 2.33. The lowest BCUT2D eigenvalue weighted by Gasteiger charge is -2.51. The van der Waals surface area contributed by atoms with Crippen molar-refractivity contribution >= 4 is 0 Å². The van der Waals surface area contributed by atoms with E-state index in [2.05, 4.69) is 9.80 Å². The lowest BCUT2D eigenvalue weighted by atomic mass is 9.75. The van der Waals surface area contributed by atoms with Crippen molar-refractivity contribution in [1.29, 1.82) is 0 Å². The normalized spacial score (nSPS) is 40.9. The largest absolute Gasteiger partial charge is 0.298 e. The van der Waals surface area contributed by atoms with Gasteiger partial charge in [-0.25, -0.2) is 4.39 Å². The van der Waals surface area contributed by atoms with Crippen LogP contribution in [-0.2, 0) is 0 Å². The van der Waals surface area contributed by atoms with Crippen LogP contribution in [0.3, 0.4) is 0 Å². The van der Waals surface area contributed by atoms with Crippen molar-refractivity contribution in [3.63, 3.8) is 0 Å². The summed E-state index contributed by atoms with van der Waals surface area (Å²) in [6.07, 6.45) is 5.64. The third-order valence-electron chi connectivity index (χ3n) is 6.58. The van der Waals surface area contributed by atoms with Gasteiger partial charge >= 0.3 is 0 Å². The molecule has 1 aromatic carbocycles. The molecule has 0 radical (unpaired) electrons. The second-order valence-electron chi connectivity index (χ2n) is 7.91. The quantitative estimate of drug-likeness (QED) is 0.846. The third kappa shape index (κ3) is 2.13. The zero-order valence-electron chi connectivity index (χ0n) is 13.1. The Morgan fingerprint density at radius 2 is 1.68 bits per heavy atom. The molecular formula is C19H25FN2. The number of piperidine rings is 3. The Bertz CT molecular complexity index is 545. The predicted octanol–water partition coefficient (Wildman–Crippen LogP) is 3.10. The van der Waals surface area contributed by atoms with Gasteiger partial charge in [-0.2, -0.15) is 0 Å². The molecule has 5 aliphatic rings. The van der Waals surface area contributed by atoms with E-state index in [1.807, 2.05) is 12.1 Å². The summed E-state index contributed by atoms with van der Waals surface area (Å²) >= 11 is 0. The minimum Gasteiger partial charge on any atom is -0.298 e. The van der Waals surface area contributed by atoms with Gasteiger partial charge in [0.25, 0.3) is 0 Å². The van der Waals surface area contributed by atoms with Crippen LogP contribution in [0.4, 0.5) is 4.39 Å². The van der Waals surface area contributed by atoms with Crippen LogP contribution in [-0.4, -0.2) is 48.1 Å². The molecule has 0 N–H and O–H groups in total. The van der Waals surface area contributed by atoms with Crippen molar-refractivity contribution in [3.8, 4) is 0 Å². The van der Waals surface area contributed by atoms with Gasteiger partial charge in [0.2, 0.25) is 0 Å². The van der Waals surface area contributed by atoms with Gasteiger partial charge in [-0.15, -0.1) is 0 Å². The maximum absolute atomic E-state index is 13.3. The average Bonchev–Trinajstić information content (AvgIpc) is 3.28. The molecule has 0 amide bonds. The van der Waals surface area contributed by atoms with Crippen LogP contribution < -0.4 is 0 Å². The van der Waals surface area contributed by atoms with Gasteiger partial charge in [-0.3, -0.25) is 9.80 Å². The lowest BCUT2D eigenvalue weighted by Crippen LogP contribution is -2.60. The van der Waals surface area contributed by atoms with Crippen molar-refractivity contribution in [1.82, 2.24) is 9.80 Å². The Morgan fingerprint density at radius 1 is 0.955 bits per heavy atom. The van der Waals surface area contributed by atoms with E-state index < -0.39 is 0 Å². The number of halogens is 1. The van der Waals surface area contributed by atoms with E-state index in [-0.39, 0.29) is 5.82 Å². The fraction of sp³-hybridized carbons (Fsp3) is 0.684. The molecule has 0 spiro atoms. The van der Waals surface area contributed by atoms with Gasteiger partial charge in [0.1, 0.15) is 5.82 Å². The number of hydrogen-bond acceptors (Lipinski definition) is 2.